The minimum Gasteiger partial charge on any atom is -0.338 e. The zero-order valence-electron chi connectivity index (χ0n) is 17.8. The number of nitrogens with zero attached hydrogens (tertiary/aromatic N) is 3. The van der Waals surface area contributed by atoms with E-state index in [-0.39, 0.29) is 17.9 Å². The zero-order valence-corrected chi connectivity index (χ0v) is 17.8. The number of likely N-dealkylation sites (N-methyl/N-ethyl adjacent to an activating group) is 1. The molecule has 0 aliphatic carbocycles. The van der Waals surface area contributed by atoms with Gasteiger partial charge in [-0.3, -0.25) is 14.5 Å². The van der Waals surface area contributed by atoms with Crippen molar-refractivity contribution in [2.24, 2.45) is 0 Å². The van der Waals surface area contributed by atoms with Crippen molar-refractivity contribution in [2.75, 3.05) is 40.3 Å². The molecule has 2 amide bonds. The van der Waals surface area contributed by atoms with E-state index in [1.165, 1.54) is 5.56 Å². The highest BCUT2D eigenvalue weighted by molar-refractivity contribution is 5.96. The lowest BCUT2D eigenvalue weighted by Crippen LogP contribution is -2.55. The first-order valence-electron chi connectivity index (χ1n) is 10.6. The Kier molecular flexibility index (Phi) is 6.16. The number of rotatable bonds is 5. The summed E-state index contributed by atoms with van der Waals surface area (Å²) in [5.74, 6) is 0.219. The van der Waals surface area contributed by atoms with Gasteiger partial charge in [-0.05, 0) is 43.3 Å². The predicted molar refractivity (Wildman–Crippen MR) is 117 cm³/mol. The average Bonchev–Trinajstić information content (AvgIpc) is 3.26. The highest BCUT2D eigenvalue weighted by Gasteiger charge is 2.31. The predicted octanol–water partition coefficient (Wildman–Crippen LogP) is 1.75. The lowest BCUT2D eigenvalue weighted by Gasteiger charge is -2.38. The molecular weight excluding hydrogens is 376 g/mol. The lowest BCUT2D eigenvalue weighted by molar-refractivity contribution is -0.137. The zero-order chi connectivity index (χ0) is 21.1. The summed E-state index contributed by atoms with van der Waals surface area (Å²) in [7, 11) is 3.91. The molecule has 2 aromatic carbocycles. The summed E-state index contributed by atoms with van der Waals surface area (Å²) in [6.45, 7) is 3.89. The molecule has 158 valence electrons. The van der Waals surface area contributed by atoms with Gasteiger partial charge in [-0.15, -0.1) is 0 Å². The summed E-state index contributed by atoms with van der Waals surface area (Å²) in [5.41, 5.74) is 4.29. The van der Waals surface area contributed by atoms with Gasteiger partial charge in [-0.25, -0.2) is 0 Å². The number of amides is 2. The molecule has 1 fully saturated rings. The van der Waals surface area contributed by atoms with E-state index in [2.05, 4.69) is 23.5 Å². The molecule has 1 saturated heterocycles. The Hall–Kier alpha value is -2.70. The van der Waals surface area contributed by atoms with Gasteiger partial charge in [0, 0.05) is 44.8 Å². The van der Waals surface area contributed by atoms with Gasteiger partial charge >= 0.3 is 0 Å². The summed E-state index contributed by atoms with van der Waals surface area (Å²) < 4.78 is 0. The van der Waals surface area contributed by atoms with Crippen molar-refractivity contribution in [1.82, 2.24) is 20.0 Å². The highest BCUT2D eigenvalue weighted by Crippen LogP contribution is 2.22. The SMILES string of the molecule is CN(C)C(Cc1ccccc1)C(=O)N1CCN(C(=O)c2cccc3c2CNC3)CC1. The number of fused-ring (bicyclic) bond motifs is 1. The molecular formula is C24H30N4O2. The Morgan fingerprint density at radius 1 is 0.933 bits per heavy atom. The molecule has 1 N–H and O–H groups in total. The molecule has 6 nitrogen and oxygen atoms in total. The molecule has 2 aliphatic heterocycles. The van der Waals surface area contributed by atoms with Gasteiger partial charge in [0.15, 0.2) is 0 Å². The third-order valence-electron chi connectivity index (χ3n) is 6.18. The third kappa shape index (κ3) is 4.25. The lowest BCUT2D eigenvalue weighted by atomic mass is 10.0. The van der Waals surface area contributed by atoms with Crippen molar-refractivity contribution < 1.29 is 9.59 Å². The molecule has 6 heteroatoms. The van der Waals surface area contributed by atoms with E-state index in [1.54, 1.807) is 0 Å². The van der Waals surface area contributed by atoms with Crippen molar-refractivity contribution in [1.29, 1.82) is 0 Å². The molecule has 2 aromatic rings. The number of nitrogens with one attached hydrogen (secondary N) is 1. The van der Waals surface area contributed by atoms with Gasteiger partial charge in [-0.2, -0.15) is 0 Å². The number of hydrogen-bond acceptors (Lipinski definition) is 4. The fourth-order valence-corrected chi connectivity index (χ4v) is 4.37. The van der Waals surface area contributed by atoms with Crippen LogP contribution in [0.4, 0.5) is 0 Å². The van der Waals surface area contributed by atoms with Crippen molar-refractivity contribution >= 4 is 11.8 Å². The van der Waals surface area contributed by atoms with Crippen LogP contribution in [-0.2, 0) is 24.3 Å². The summed E-state index contributed by atoms with van der Waals surface area (Å²) in [4.78, 5) is 32.1. The molecule has 0 spiro atoms. The molecule has 0 aromatic heterocycles. The molecule has 0 bridgehead atoms. The fraction of sp³-hybridized carbons (Fsp3) is 0.417. The number of piperazine rings is 1. The Balaban J connectivity index is 1.39. The van der Waals surface area contributed by atoms with Gasteiger partial charge in [-0.1, -0.05) is 42.5 Å². The third-order valence-corrected chi connectivity index (χ3v) is 6.18. The second-order valence-corrected chi connectivity index (χ2v) is 8.33. The van der Waals surface area contributed by atoms with Crippen LogP contribution in [0.25, 0.3) is 0 Å². The minimum atomic E-state index is -0.196. The number of carbonyl (C=O) groups excluding carboxylic acids is 2. The van der Waals surface area contributed by atoms with E-state index < -0.39 is 0 Å². The van der Waals surface area contributed by atoms with Crippen LogP contribution < -0.4 is 5.32 Å². The second-order valence-electron chi connectivity index (χ2n) is 8.33. The van der Waals surface area contributed by atoms with Crippen LogP contribution >= 0.6 is 0 Å². The first-order valence-corrected chi connectivity index (χ1v) is 10.6. The Bertz CT molecular complexity index is 905. The number of carbonyl (C=O) groups is 2. The Morgan fingerprint density at radius 3 is 2.33 bits per heavy atom. The standard InChI is InChI=1S/C24H30N4O2/c1-26(2)22(15-18-7-4-3-5-8-18)24(30)28-13-11-27(12-14-28)23(29)20-10-6-9-19-16-25-17-21(19)20/h3-10,22,25H,11-17H2,1-2H3. The van der Waals surface area contributed by atoms with Crippen molar-refractivity contribution in [3.05, 3.63) is 70.8 Å². The van der Waals surface area contributed by atoms with E-state index in [9.17, 15) is 9.59 Å². The molecule has 1 unspecified atom stereocenters. The van der Waals surface area contributed by atoms with Gasteiger partial charge in [0.05, 0.1) is 6.04 Å². The molecule has 2 heterocycles. The van der Waals surface area contributed by atoms with Crippen LogP contribution in [0.1, 0.15) is 27.0 Å². The van der Waals surface area contributed by atoms with Crippen LogP contribution in [0.3, 0.4) is 0 Å². The summed E-state index contributed by atoms with van der Waals surface area (Å²) >= 11 is 0. The van der Waals surface area contributed by atoms with E-state index in [4.69, 9.17) is 0 Å². The van der Waals surface area contributed by atoms with Crippen molar-refractivity contribution in [3.8, 4) is 0 Å². The van der Waals surface area contributed by atoms with E-state index in [1.807, 2.05) is 59.1 Å². The molecule has 1 atom stereocenters. The molecule has 4 rings (SSSR count). The average molecular weight is 407 g/mol. The fourth-order valence-electron chi connectivity index (χ4n) is 4.37. The monoisotopic (exact) mass is 406 g/mol. The summed E-state index contributed by atoms with van der Waals surface area (Å²) in [6, 6.07) is 15.9. The quantitative estimate of drug-likeness (QED) is 0.822. The maximum absolute atomic E-state index is 13.2. The van der Waals surface area contributed by atoms with Crippen LogP contribution in [0.2, 0.25) is 0 Å². The maximum atomic E-state index is 13.2. The largest absolute Gasteiger partial charge is 0.338 e. The minimum absolute atomic E-state index is 0.0797. The first kappa shape index (κ1) is 20.6. The maximum Gasteiger partial charge on any atom is 0.254 e. The number of benzene rings is 2. The van der Waals surface area contributed by atoms with Crippen molar-refractivity contribution in [2.45, 2.75) is 25.6 Å². The van der Waals surface area contributed by atoms with Crippen molar-refractivity contribution in [3.63, 3.8) is 0 Å². The first-order chi connectivity index (χ1) is 14.5. The molecule has 2 aliphatic rings. The van der Waals surface area contributed by atoms with E-state index in [0.29, 0.717) is 32.6 Å². The Labute approximate surface area is 178 Å². The molecule has 0 radical (unpaired) electrons. The molecule has 0 saturated carbocycles. The van der Waals surface area contributed by atoms with Gasteiger partial charge in [0.25, 0.3) is 5.91 Å². The Morgan fingerprint density at radius 2 is 1.63 bits per heavy atom. The topological polar surface area (TPSA) is 55.9 Å². The van der Waals surface area contributed by atoms with E-state index >= 15 is 0 Å². The summed E-state index contributed by atoms with van der Waals surface area (Å²) in [5, 5.41) is 3.32. The number of hydrogen-bond donors (Lipinski definition) is 1. The van der Waals surface area contributed by atoms with Gasteiger partial charge < -0.3 is 15.1 Å². The van der Waals surface area contributed by atoms with Crippen LogP contribution in [0, 0.1) is 0 Å². The normalized spacial score (nSPS) is 17.2. The smallest absolute Gasteiger partial charge is 0.254 e. The van der Waals surface area contributed by atoms with E-state index in [0.717, 1.165) is 29.8 Å². The highest BCUT2D eigenvalue weighted by atomic mass is 16.2. The second kappa shape index (κ2) is 8.98. The molecule has 30 heavy (non-hydrogen) atoms. The summed E-state index contributed by atoms with van der Waals surface area (Å²) in [6.07, 6.45) is 0.689. The van der Waals surface area contributed by atoms with Gasteiger partial charge in [0.2, 0.25) is 5.91 Å². The van der Waals surface area contributed by atoms with Crippen LogP contribution in [0.15, 0.2) is 48.5 Å². The van der Waals surface area contributed by atoms with Gasteiger partial charge in [0.1, 0.15) is 0 Å². The van der Waals surface area contributed by atoms with Crippen LogP contribution in [-0.4, -0.2) is 72.8 Å². The van der Waals surface area contributed by atoms with Crippen LogP contribution in [0.5, 0.6) is 0 Å².